The zero-order valence-corrected chi connectivity index (χ0v) is 14.0. The molecule has 2 rings (SSSR count). The molecule has 0 aromatic heterocycles. The SMILES string of the molecule is CN(C)C(=O)C[C@@H]1CC[C@H](NC(=O)C2CCOCC2)[C@H](CO)O1. The normalized spacial score (nSPS) is 29.1. The predicted molar refractivity (Wildman–Crippen MR) is 83.8 cm³/mol. The highest BCUT2D eigenvalue weighted by molar-refractivity contribution is 5.79. The Morgan fingerprint density at radius 3 is 2.48 bits per heavy atom. The highest BCUT2D eigenvalue weighted by Crippen LogP contribution is 2.23. The van der Waals surface area contributed by atoms with E-state index in [1.54, 1.807) is 14.1 Å². The van der Waals surface area contributed by atoms with Gasteiger partial charge in [0.1, 0.15) is 6.10 Å². The van der Waals surface area contributed by atoms with Crippen molar-refractivity contribution in [3.05, 3.63) is 0 Å². The number of nitrogens with zero attached hydrogens (tertiary/aromatic N) is 1. The minimum atomic E-state index is -0.451. The third-order valence-corrected chi connectivity index (χ3v) is 4.62. The van der Waals surface area contributed by atoms with Gasteiger partial charge in [0.25, 0.3) is 0 Å². The van der Waals surface area contributed by atoms with Gasteiger partial charge < -0.3 is 24.8 Å². The van der Waals surface area contributed by atoms with Crippen LogP contribution in [-0.4, -0.2) is 74.0 Å². The summed E-state index contributed by atoms with van der Waals surface area (Å²) in [6.45, 7) is 1.08. The molecule has 2 N–H and O–H groups in total. The van der Waals surface area contributed by atoms with Crippen molar-refractivity contribution in [2.24, 2.45) is 5.92 Å². The van der Waals surface area contributed by atoms with Gasteiger partial charge in [-0.05, 0) is 25.7 Å². The smallest absolute Gasteiger partial charge is 0.224 e. The van der Waals surface area contributed by atoms with Crippen molar-refractivity contribution in [1.29, 1.82) is 0 Å². The molecule has 3 atom stereocenters. The molecule has 2 aliphatic heterocycles. The van der Waals surface area contributed by atoms with E-state index in [1.165, 1.54) is 4.90 Å². The fourth-order valence-electron chi connectivity index (χ4n) is 3.08. The Hall–Kier alpha value is -1.18. The third-order valence-electron chi connectivity index (χ3n) is 4.62. The minimum absolute atomic E-state index is 0.0105. The van der Waals surface area contributed by atoms with Gasteiger partial charge in [-0.2, -0.15) is 0 Å². The van der Waals surface area contributed by atoms with E-state index in [-0.39, 0.29) is 36.5 Å². The zero-order chi connectivity index (χ0) is 16.8. The molecule has 2 heterocycles. The first-order valence-corrected chi connectivity index (χ1v) is 8.35. The second-order valence-electron chi connectivity index (χ2n) is 6.55. The minimum Gasteiger partial charge on any atom is -0.394 e. The highest BCUT2D eigenvalue weighted by atomic mass is 16.5. The molecule has 0 aromatic rings. The first-order valence-electron chi connectivity index (χ1n) is 8.35. The summed E-state index contributed by atoms with van der Waals surface area (Å²) >= 11 is 0. The van der Waals surface area contributed by atoms with Crippen molar-refractivity contribution < 1.29 is 24.2 Å². The first-order chi connectivity index (χ1) is 11.0. The van der Waals surface area contributed by atoms with E-state index in [1.807, 2.05) is 0 Å². The Morgan fingerprint density at radius 2 is 1.87 bits per heavy atom. The van der Waals surface area contributed by atoms with E-state index in [2.05, 4.69) is 5.32 Å². The number of nitrogens with one attached hydrogen (secondary N) is 1. The van der Waals surface area contributed by atoms with Gasteiger partial charge in [0, 0.05) is 33.2 Å². The Balaban J connectivity index is 1.84. The fraction of sp³-hybridized carbons (Fsp3) is 0.875. The number of hydrogen-bond acceptors (Lipinski definition) is 5. The van der Waals surface area contributed by atoms with Crippen LogP contribution in [0.4, 0.5) is 0 Å². The van der Waals surface area contributed by atoms with Crippen molar-refractivity contribution in [2.75, 3.05) is 33.9 Å². The van der Waals surface area contributed by atoms with Crippen LogP contribution in [0.3, 0.4) is 0 Å². The van der Waals surface area contributed by atoms with E-state index in [0.717, 1.165) is 12.8 Å². The lowest BCUT2D eigenvalue weighted by molar-refractivity contribution is -0.142. The molecule has 2 fully saturated rings. The second-order valence-corrected chi connectivity index (χ2v) is 6.55. The van der Waals surface area contributed by atoms with Gasteiger partial charge in [0.2, 0.25) is 11.8 Å². The Morgan fingerprint density at radius 1 is 1.17 bits per heavy atom. The summed E-state index contributed by atoms with van der Waals surface area (Å²) in [5.74, 6) is 0.00989. The third kappa shape index (κ3) is 5.16. The van der Waals surface area contributed by atoms with Crippen molar-refractivity contribution in [3.63, 3.8) is 0 Å². The summed E-state index contributed by atoms with van der Waals surface area (Å²) in [5, 5.41) is 12.6. The molecule has 2 amide bonds. The van der Waals surface area contributed by atoms with Crippen LogP contribution in [-0.2, 0) is 19.1 Å². The van der Waals surface area contributed by atoms with E-state index in [9.17, 15) is 14.7 Å². The molecule has 132 valence electrons. The molecule has 0 aliphatic carbocycles. The van der Waals surface area contributed by atoms with Crippen molar-refractivity contribution >= 4 is 11.8 Å². The number of carbonyl (C=O) groups is 2. The number of rotatable bonds is 5. The monoisotopic (exact) mass is 328 g/mol. The molecule has 7 nitrogen and oxygen atoms in total. The van der Waals surface area contributed by atoms with Gasteiger partial charge in [0.15, 0.2) is 0 Å². The average Bonchev–Trinajstić information content (AvgIpc) is 2.56. The van der Waals surface area contributed by atoms with Crippen molar-refractivity contribution in [1.82, 2.24) is 10.2 Å². The number of hydrogen-bond donors (Lipinski definition) is 2. The van der Waals surface area contributed by atoms with E-state index < -0.39 is 6.10 Å². The number of ether oxygens (including phenoxy) is 2. The molecule has 0 bridgehead atoms. The van der Waals surface area contributed by atoms with E-state index in [0.29, 0.717) is 32.5 Å². The number of aliphatic hydroxyl groups excluding tert-OH is 1. The summed E-state index contributed by atoms with van der Waals surface area (Å²) < 4.78 is 11.1. The quantitative estimate of drug-likeness (QED) is 0.737. The molecule has 7 heteroatoms. The fourth-order valence-corrected chi connectivity index (χ4v) is 3.08. The van der Waals surface area contributed by atoms with Gasteiger partial charge in [-0.3, -0.25) is 9.59 Å². The van der Waals surface area contributed by atoms with Crippen LogP contribution in [0, 0.1) is 5.92 Å². The molecule has 0 unspecified atom stereocenters. The van der Waals surface area contributed by atoms with Crippen LogP contribution >= 0.6 is 0 Å². The van der Waals surface area contributed by atoms with Crippen LogP contribution in [0.5, 0.6) is 0 Å². The lowest BCUT2D eigenvalue weighted by Gasteiger charge is -2.37. The molecule has 2 aliphatic rings. The summed E-state index contributed by atoms with van der Waals surface area (Å²) in [6, 6.07) is -0.193. The van der Waals surface area contributed by atoms with Gasteiger partial charge >= 0.3 is 0 Å². The van der Waals surface area contributed by atoms with Gasteiger partial charge in [-0.25, -0.2) is 0 Å². The maximum atomic E-state index is 12.3. The van der Waals surface area contributed by atoms with Gasteiger partial charge in [0.05, 0.1) is 25.2 Å². The lowest BCUT2D eigenvalue weighted by atomic mass is 9.94. The molecule has 0 saturated carbocycles. The summed E-state index contributed by atoms with van der Waals surface area (Å²) in [5.41, 5.74) is 0. The summed E-state index contributed by atoms with van der Waals surface area (Å²) in [7, 11) is 3.43. The lowest BCUT2D eigenvalue weighted by Crippen LogP contribution is -2.53. The number of amides is 2. The Kier molecular flexibility index (Phi) is 6.80. The van der Waals surface area contributed by atoms with Crippen molar-refractivity contribution in [3.8, 4) is 0 Å². The average molecular weight is 328 g/mol. The number of carbonyl (C=O) groups excluding carboxylic acids is 2. The molecule has 0 radical (unpaired) electrons. The largest absolute Gasteiger partial charge is 0.394 e. The Bertz CT molecular complexity index is 409. The van der Waals surface area contributed by atoms with Crippen molar-refractivity contribution in [2.45, 2.75) is 50.4 Å². The zero-order valence-electron chi connectivity index (χ0n) is 14.0. The van der Waals surface area contributed by atoms with Crippen LogP contribution in [0.15, 0.2) is 0 Å². The highest BCUT2D eigenvalue weighted by Gasteiger charge is 2.34. The summed E-state index contributed by atoms with van der Waals surface area (Å²) in [6.07, 6.45) is 2.56. The Labute approximate surface area is 137 Å². The van der Waals surface area contributed by atoms with Crippen LogP contribution in [0.2, 0.25) is 0 Å². The topological polar surface area (TPSA) is 88.1 Å². The number of aliphatic hydroxyl groups is 1. The molecule has 2 saturated heterocycles. The van der Waals surface area contributed by atoms with E-state index in [4.69, 9.17) is 9.47 Å². The first kappa shape index (κ1) is 18.2. The molecule has 0 aromatic carbocycles. The van der Waals surface area contributed by atoms with Gasteiger partial charge in [-0.1, -0.05) is 0 Å². The standard InChI is InChI=1S/C16H28N2O5/c1-18(2)15(20)9-12-3-4-13(14(10-19)23-12)17-16(21)11-5-7-22-8-6-11/h11-14,19H,3-10H2,1-2H3,(H,17,21)/t12-,13-,14-/m0/s1. The predicted octanol–water partition coefficient (Wildman–Crippen LogP) is -0.0840. The maximum Gasteiger partial charge on any atom is 0.224 e. The van der Waals surface area contributed by atoms with Crippen LogP contribution in [0.25, 0.3) is 0 Å². The molecular formula is C16H28N2O5. The maximum absolute atomic E-state index is 12.3. The van der Waals surface area contributed by atoms with Gasteiger partial charge in [-0.15, -0.1) is 0 Å². The molecule has 23 heavy (non-hydrogen) atoms. The molecule has 0 spiro atoms. The van der Waals surface area contributed by atoms with E-state index >= 15 is 0 Å². The molecular weight excluding hydrogens is 300 g/mol. The summed E-state index contributed by atoms with van der Waals surface area (Å²) in [4.78, 5) is 25.6. The van der Waals surface area contributed by atoms with Crippen LogP contribution < -0.4 is 5.32 Å². The second kappa shape index (κ2) is 8.61. The van der Waals surface area contributed by atoms with Crippen LogP contribution in [0.1, 0.15) is 32.1 Å².